The van der Waals surface area contributed by atoms with E-state index in [1.165, 1.54) is 77.0 Å². The summed E-state index contributed by atoms with van der Waals surface area (Å²) in [6.45, 7) is 4.67. The molecule has 114 valence electrons. The lowest BCUT2D eigenvalue weighted by Crippen LogP contribution is -1.95. The number of hydrogen-bond acceptors (Lipinski definition) is 1. The van der Waals surface area contributed by atoms with Gasteiger partial charge in [0.05, 0.1) is 0 Å². The fraction of sp³-hybridized carbons (Fsp3) is 0.944. The highest BCUT2D eigenvalue weighted by molar-refractivity contribution is 5.48. The first-order chi connectivity index (χ1) is 9.31. The summed E-state index contributed by atoms with van der Waals surface area (Å²) in [5.41, 5.74) is 0. The molecule has 0 aromatic rings. The van der Waals surface area contributed by atoms with Gasteiger partial charge in [-0.3, -0.25) is 0 Å². The maximum atomic E-state index is 10.2. The summed E-state index contributed by atoms with van der Waals surface area (Å²) in [6.07, 6.45) is 19.6. The molecule has 1 atom stereocenters. The second kappa shape index (κ2) is 15.7. The smallest absolute Gasteiger partial charge is 0.119 e. The van der Waals surface area contributed by atoms with Gasteiger partial charge in [0.25, 0.3) is 0 Å². The van der Waals surface area contributed by atoms with E-state index in [1.54, 1.807) is 0 Å². The molecule has 0 amide bonds. The largest absolute Gasteiger partial charge is 0.303 e. The molecule has 0 saturated heterocycles. The second-order valence-corrected chi connectivity index (χ2v) is 6.17. The minimum Gasteiger partial charge on any atom is -0.303 e. The zero-order chi connectivity index (χ0) is 14.2. The summed E-state index contributed by atoms with van der Waals surface area (Å²) in [6, 6.07) is 0. The molecule has 0 heterocycles. The molecule has 0 aliphatic heterocycles. The van der Waals surface area contributed by atoms with Crippen LogP contribution in [0.4, 0.5) is 0 Å². The zero-order valence-corrected chi connectivity index (χ0v) is 13.5. The molecule has 19 heavy (non-hydrogen) atoms. The Balaban J connectivity index is 3.11. The highest BCUT2D eigenvalue weighted by Gasteiger charge is 2.01. The van der Waals surface area contributed by atoms with Crippen molar-refractivity contribution >= 4 is 6.29 Å². The Morgan fingerprint density at radius 1 is 0.737 bits per heavy atom. The van der Waals surface area contributed by atoms with E-state index in [1.807, 2.05) is 0 Å². The Hall–Kier alpha value is -0.330. The third-order valence-corrected chi connectivity index (χ3v) is 4.07. The molecule has 0 saturated carbocycles. The van der Waals surface area contributed by atoms with Crippen LogP contribution in [0.3, 0.4) is 0 Å². The van der Waals surface area contributed by atoms with Crippen molar-refractivity contribution in [2.24, 2.45) is 5.92 Å². The normalized spacial score (nSPS) is 12.5. The van der Waals surface area contributed by atoms with Gasteiger partial charge < -0.3 is 4.79 Å². The Labute approximate surface area is 121 Å². The van der Waals surface area contributed by atoms with E-state index in [2.05, 4.69) is 13.8 Å². The van der Waals surface area contributed by atoms with E-state index in [4.69, 9.17) is 0 Å². The predicted molar refractivity (Wildman–Crippen MR) is 85.5 cm³/mol. The summed E-state index contributed by atoms with van der Waals surface area (Å²) >= 11 is 0. The van der Waals surface area contributed by atoms with E-state index in [9.17, 15) is 4.79 Å². The van der Waals surface area contributed by atoms with Crippen LogP contribution in [-0.4, -0.2) is 6.29 Å². The van der Waals surface area contributed by atoms with Gasteiger partial charge in [0.2, 0.25) is 0 Å². The number of aldehydes is 1. The molecule has 0 aromatic heterocycles. The van der Waals surface area contributed by atoms with Gasteiger partial charge in [-0.05, 0) is 12.3 Å². The fourth-order valence-corrected chi connectivity index (χ4v) is 2.67. The number of unbranched alkanes of at least 4 members (excludes halogenated alkanes) is 10. The first-order valence-electron chi connectivity index (χ1n) is 8.74. The molecule has 1 nitrogen and oxygen atoms in total. The highest BCUT2D eigenvalue weighted by Crippen LogP contribution is 2.18. The Morgan fingerprint density at radius 2 is 1.21 bits per heavy atom. The summed E-state index contributed by atoms with van der Waals surface area (Å²) < 4.78 is 0. The molecular weight excluding hydrogens is 232 g/mol. The van der Waals surface area contributed by atoms with Crippen molar-refractivity contribution in [1.29, 1.82) is 0 Å². The van der Waals surface area contributed by atoms with Gasteiger partial charge in [-0.25, -0.2) is 0 Å². The molecule has 0 radical (unpaired) electrons. The molecule has 0 aliphatic rings. The van der Waals surface area contributed by atoms with E-state index < -0.39 is 0 Å². The predicted octanol–water partition coefficient (Wildman–Crippen LogP) is 6.30. The van der Waals surface area contributed by atoms with Gasteiger partial charge in [-0.15, -0.1) is 0 Å². The van der Waals surface area contributed by atoms with Crippen molar-refractivity contribution in [2.75, 3.05) is 0 Å². The third-order valence-electron chi connectivity index (χ3n) is 4.07. The van der Waals surface area contributed by atoms with Crippen LogP contribution in [0, 0.1) is 5.92 Å². The SMILES string of the molecule is CCCCCCCCCCC(C)CCCCCC=O. The van der Waals surface area contributed by atoms with E-state index in [-0.39, 0.29) is 0 Å². The first kappa shape index (κ1) is 18.7. The van der Waals surface area contributed by atoms with Gasteiger partial charge in [-0.2, -0.15) is 0 Å². The van der Waals surface area contributed by atoms with Crippen LogP contribution in [0.25, 0.3) is 0 Å². The fourth-order valence-electron chi connectivity index (χ4n) is 2.67. The van der Waals surface area contributed by atoms with Gasteiger partial charge in [0.15, 0.2) is 0 Å². The minimum absolute atomic E-state index is 0.756. The monoisotopic (exact) mass is 268 g/mol. The van der Waals surface area contributed by atoms with Crippen LogP contribution >= 0.6 is 0 Å². The summed E-state index contributed by atoms with van der Waals surface area (Å²) in [4.78, 5) is 10.2. The van der Waals surface area contributed by atoms with Gasteiger partial charge in [-0.1, -0.05) is 90.9 Å². The zero-order valence-electron chi connectivity index (χ0n) is 13.5. The highest BCUT2D eigenvalue weighted by atomic mass is 16.1. The van der Waals surface area contributed by atoms with Gasteiger partial charge in [0, 0.05) is 6.42 Å². The molecule has 0 spiro atoms. The van der Waals surface area contributed by atoms with Gasteiger partial charge >= 0.3 is 0 Å². The molecule has 0 N–H and O–H groups in total. The van der Waals surface area contributed by atoms with Crippen LogP contribution < -0.4 is 0 Å². The average molecular weight is 268 g/mol. The molecule has 0 bridgehead atoms. The summed E-state index contributed by atoms with van der Waals surface area (Å²) in [5.74, 6) is 0.885. The second-order valence-electron chi connectivity index (χ2n) is 6.17. The number of hydrogen-bond donors (Lipinski definition) is 0. The third kappa shape index (κ3) is 15.6. The van der Waals surface area contributed by atoms with Gasteiger partial charge in [0.1, 0.15) is 6.29 Å². The molecule has 0 aliphatic carbocycles. The van der Waals surface area contributed by atoms with Crippen molar-refractivity contribution in [3.63, 3.8) is 0 Å². The van der Waals surface area contributed by atoms with Crippen molar-refractivity contribution < 1.29 is 4.79 Å². The molecule has 0 fully saturated rings. The lowest BCUT2D eigenvalue weighted by atomic mass is 9.96. The summed E-state index contributed by atoms with van der Waals surface area (Å²) in [7, 11) is 0. The Kier molecular flexibility index (Phi) is 15.5. The maximum absolute atomic E-state index is 10.2. The Bertz CT molecular complexity index is 177. The van der Waals surface area contributed by atoms with E-state index in [0.717, 1.165) is 25.0 Å². The lowest BCUT2D eigenvalue weighted by molar-refractivity contribution is -0.107. The molecular formula is C18H36O. The van der Waals surface area contributed by atoms with Crippen LogP contribution in [-0.2, 0) is 4.79 Å². The van der Waals surface area contributed by atoms with Crippen LogP contribution in [0.2, 0.25) is 0 Å². The maximum Gasteiger partial charge on any atom is 0.119 e. The lowest BCUT2D eigenvalue weighted by Gasteiger charge is -2.10. The number of carbonyl (C=O) groups is 1. The van der Waals surface area contributed by atoms with Crippen molar-refractivity contribution in [3.05, 3.63) is 0 Å². The van der Waals surface area contributed by atoms with Crippen LogP contribution in [0.15, 0.2) is 0 Å². The van der Waals surface area contributed by atoms with Crippen LogP contribution in [0.1, 0.15) is 104 Å². The van der Waals surface area contributed by atoms with Crippen LogP contribution in [0.5, 0.6) is 0 Å². The molecule has 1 heteroatoms. The standard InChI is InChI=1S/C18H36O/c1-3-4-5-6-7-8-9-12-15-18(2)16-13-10-11-14-17-19/h17-18H,3-16H2,1-2H3. The molecule has 1 unspecified atom stereocenters. The Morgan fingerprint density at radius 3 is 1.74 bits per heavy atom. The average Bonchev–Trinajstić information content (AvgIpc) is 2.41. The minimum atomic E-state index is 0.756. The van der Waals surface area contributed by atoms with E-state index in [0.29, 0.717) is 0 Å². The first-order valence-corrected chi connectivity index (χ1v) is 8.74. The quantitative estimate of drug-likeness (QED) is 0.251. The van der Waals surface area contributed by atoms with E-state index >= 15 is 0 Å². The number of carbonyl (C=O) groups excluding carboxylic acids is 1. The van der Waals surface area contributed by atoms with Crippen molar-refractivity contribution in [2.45, 2.75) is 104 Å². The molecule has 0 rings (SSSR count). The van der Waals surface area contributed by atoms with Crippen molar-refractivity contribution in [3.8, 4) is 0 Å². The molecule has 0 aromatic carbocycles. The van der Waals surface area contributed by atoms with Crippen molar-refractivity contribution in [1.82, 2.24) is 0 Å². The topological polar surface area (TPSA) is 17.1 Å². The number of rotatable bonds is 15. The summed E-state index contributed by atoms with van der Waals surface area (Å²) in [5, 5.41) is 0.